The number of thiophene rings is 1. The average Bonchev–Trinajstić information content (AvgIpc) is 3.17. The minimum atomic E-state index is -0.277. The van der Waals surface area contributed by atoms with Gasteiger partial charge in [-0.15, -0.1) is 11.3 Å². The molecule has 1 atom stereocenters. The number of nitrogens with zero attached hydrogens (tertiary/aromatic N) is 1. The molecule has 2 aromatic rings. The van der Waals surface area contributed by atoms with Crippen LogP contribution >= 0.6 is 11.3 Å². The number of amides is 2. The van der Waals surface area contributed by atoms with Crippen LogP contribution in [0.5, 0.6) is 0 Å². The normalized spacial score (nSPS) is 17.8. The summed E-state index contributed by atoms with van der Waals surface area (Å²) in [6.07, 6.45) is 0.297. The van der Waals surface area contributed by atoms with Gasteiger partial charge in [-0.1, -0.05) is 24.3 Å². The Morgan fingerprint density at radius 3 is 2.70 bits per heavy atom. The SMILES string of the molecule is CC(C)N1C[C@@H](C(=O)Nc2ccccc2-c2cccs2)CC1=O. The zero-order valence-corrected chi connectivity index (χ0v) is 14.1. The highest BCUT2D eigenvalue weighted by molar-refractivity contribution is 7.13. The van der Waals surface area contributed by atoms with Crippen LogP contribution in [0.4, 0.5) is 5.69 Å². The van der Waals surface area contributed by atoms with Gasteiger partial charge < -0.3 is 10.2 Å². The van der Waals surface area contributed by atoms with Gasteiger partial charge in [-0.2, -0.15) is 0 Å². The molecule has 1 aliphatic heterocycles. The Kier molecular flexibility index (Phi) is 4.48. The van der Waals surface area contributed by atoms with E-state index in [4.69, 9.17) is 0 Å². The highest BCUT2D eigenvalue weighted by Gasteiger charge is 2.35. The summed E-state index contributed by atoms with van der Waals surface area (Å²) < 4.78 is 0. The van der Waals surface area contributed by atoms with Crippen molar-refractivity contribution < 1.29 is 9.59 Å². The Bertz CT molecular complexity index is 710. The van der Waals surface area contributed by atoms with Crippen LogP contribution in [0, 0.1) is 5.92 Å². The average molecular weight is 328 g/mol. The van der Waals surface area contributed by atoms with Gasteiger partial charge in [0.1, 0.15) is 0 Å². The third-order valence-electron chi connectivity index (χ3n) is 4.12. The first-order valence-electron chi connectivity index (χ1n) is 7.79. The van der Waals surface area contributed by atoms with Gasteiger partial charge in [-0.05, 0) is 31.4 Å². The van der Waals surface area contributed by atoms with Crippen molar-refractivity contribution in [1.82, 2.24) is 4.90 Å². The number of hydrogen-bond acceptors (Lipinski definition) is 3. The second-order valence-electron chi connectivity index (χ2n) is 6.05. The molecule has 0 saturated carbocycles. The summed E-state index contributed by atoms with van der Waals surface area (Å²) in [4.78, 5) is 27.4. The van der Waals surface area contributed by atoms with Gasteiger partial charge >= 0.3 is 0 Å². The van der Waals surface area contributed by atoms with E-state index in [1.165, 1.54) is 0 Å². The number of anilines is 1. The Morgan fingerprint density at radius 1 is 1.26 bits per heavy atom. The molecule has 1 aromatic heterocycles. The molecule has 1 aliphatic rings. The van der Waals surface area contributed by atoms with Crippen molar-refractivity contribution in [1.29, 1.82) is 0 Å². The third-order valence-corrected chi connectivity index (χ3v) is 5.03. The van der Waals surface area contributed by atoms with Crippen LogP contribution in [0.2, 0.25) is 0 Å². The molecule has 0 radical (unpaired) electrons. The molecule has 0 bridgehead atoms. The number of hydrogen-bond donors (Lipinski definition) is 1. The molecule has 23 heavy (non-hydrogen) atoms. The zero-order valence-electron chi connectivity index (χ0n) is 13.3. The van der Waals surface area contributed by atoms with Crippen molar-refractivity contribution in [3.63, 3.8) is 0 Å². The molecule has 1 saturated heterocycles. The zero-order chi connectivity index (χ0) is 16.4. The number of carbonyl (C=O) groups excluding carboxylic acids is 2. The van der Waals surface area contributed by atoms with E-state index >= 15 is 0 Å². The number of benzene rings is 1. The van der Waals surface area contributed by atoms with Gasteiger partial charge in [0.15, 0.2) is 0 Å². The van der Waals surface area contributed by atoms with Crippen LogP contribution in [-0.2, 0) is 9.59 Å². The van der Waals surface area contributed by atoms with Crippen LogP contribution in [0.25, 0.3) is 10.4 Å². The molecule has 4 nitrogen and oxygen atoms in total. The van der Waals surface area contributed by atoms with Crippen molar-refractivity contribution in [2.24, 2.45) is 5.92 Å². The van der Waals surface area contributed by atoms with Crippen molar-refractivity contribution in [2.45, 2.75) is 26.3 Å². The summed E-state index contributed by atoms with van der Waals surface area (Å²) in [7, 11) is 0. The summed E-state index contributed by atoms with van der Waals surface area (Å²) in [5, 5.41) is 5.03. The molecule has 1 aromatic carbocycles. The van der Waals surface area contributed by atoms with Gasteiger partial charge in [0.05, 0.1) is 5.92 Å². The van der Waals surface area contributed by atoms with Gasteiger partial charge in [0, 0.05) is 35.1 Å². The quantitative estimate of drug-likeness (QED) is 0.932. The van der Waals surface area contributed by atoms with E-state index in [-0.39, 0.29) is 23.8 Å². The van der Waals surface area contributed by atoms with Crippen molar-refractivity contribution >= 4 is 28.8 Å². The molecular weight excluding hydrogens is 308 g/mol. The molecule has 1 fully saturated rings. The predicted octanol–water partition coefficient (Wildman–Crippen LogP) is 3.61. The van der Waals surface area contributed by atoms with Crippen molar-refractivity contribution in [3.8, 4) is 10.4 Å². The van der Waals surface area contributed by atoms with Gasteiger partial charge in [0.2, 0.25) is 11.8 Å². The largest absolute Gasteiger partial charge is 0.339 e. The molecule has 1 N–H and O–H groups in total. The highest BCUT2D eigenvalue weighted by Crippen LogP contribution is 2.32. The summed E-state index contributed by atoms with van der Waals surface area (Å²) in [5.74, 6) is -0.293. The number of likely N-dealkylation sites (tertiary alicyclic amines) is 1. The fourth-order valence-corrected chi connectivity index (χ4v) is 3.65. The second-order valence-corrected chi connectivity index (χ2v) is 7.00. The number of carbonyl (C=O) groups is 2. The molecule has 0 aliphatic carbocycles. The van der Waals surface area contributed by atoms with Gasteiger partial charge in [-0.3, -0.25) is 9.59 Å². The van der Waals surface area contributed by atoms with Crippen LogP contribution < -0.4 is 5.32 Å². The summed E-state index contributed by atoms with van der Waals surface area (Å²) in [6.45, 7) is 4.46. The lowest BCUT2D eigenvalue weighted by Gasteiger charge is -2.20. The van der Waals surface area contributed by atoms with E-state index < -0.39 is 0 Å². The first-order valence-corrected chi connectivity index (χ1v) is 8.67. The molecular formula is C18H20N2O2S. The fraction of sp³-hybridized carbons (Fsp3) is 0.333. The molecule has 2 heterocycles. The monoisotopic (exact) mass is 328 g/mol. The predicted molar refractivity (Wildman–Crippen MR) is 93.3 cm³/mol. The maximum atomic E-state index is 12.6. The molecule has 3 rings (SSSR count). The first-order chi connectivity index (χ1) is 11.1. The highest BCUT2D eigenvalue weighted by atomic mass is 32.1. The van der Waals surface area contributed by atoms with Gasteiger partial charge in [-0.25, -0.2) is 0 Å². The second kappa shape index (κ2) is 6.54. The molecule has 5 heteroatoms. The van der Waals surface area contributed by atoms with E-state index in [9.17, 15) is 9.59 Å². The van der Waals surface area contributed by atoms with Crippen LogP contribution in [-0.4, -0.2) is 29.3 Å². The van der Waals surface area contributed by atoms with Crippen molar-refractivity contribution in [3.05, 3.63) is 41.8 Å². The van der Waals surface area contributed by atoms with E-state index in [1.807, 2.05) is 55.6 Å². The minimum absolute atomic E-state index is 0.0618. The number of para-hydroxylation sites is 1. The lowest BCUT2D eigenvalue weighted by Crippen LogP contribution is -2.33. The lowest BCUT2D eigenvalue weighted by atomic mass is 10.1. The van der Waals surface area contributed by atoms with Crippen LogP contribution in [0.3, 0.4) is 0 Å². The Morgan fingerprint density at radius 2 is 2.04 bits per heavy atom. The van der Waals surface area contributed by atoms with Crippen LogP contribution in [0.15, 0.2) is 41.8 Å². The molecule has 0 unspecified atom stereocenters. The fourth-order valence-electron chi connectivity index (χ4n) is 2.88. The summed E-state index contributed by atoms with van der Waals surface area (Å²) in [6, 6.07) is 12.0. The molecule has 2 amide bonds. The maximum absolute atomic E-state index is 12.6. The Hall–Kier alpha value is -2.14. The maximum Gasteiger partial charge on any atom is 0.229 e. The lowest BCUT2D eigenvalue weighted by molar-refractivity contribution is -0.129. The topological polar surface area (TPSA) is 49.4 Å². The van der Waals surface area contributed by atoms with Gasteiger partial charge in [0.25, 0.3) is 0 Å². The number of rotatable bonds is 4. The first kappa shape index (κ1) is 15.7. The Balaban J connectivity index is 1.76. The third kappa shape index (κ3) is 3.29. The summed E-state index contributed by atoms with van der Waals surface area (Å²) in [5.41, 5.74) is 1.82. The smallest absolute Gasteiger partial charge is 0.229 e. The van der Waals surface area contributed by atoms with E-state index in [2.05, 4.69) is 5.32 Å². The number of nitrogens with one attached hydrogen (secondary N) is 1. The van der Waals surface area contributed by atoms with E-state index in [0.717, 1.165) is 16.1 Å². The molecule has 120 valence electrons. The van der Waals surface area contributed by atoms with Crippen LogP contribution in [0.1, 0.15) is 20.3 Å². The Labute approximate surface area is 140 Å². The minimum Gasteiger partial charge on any atom is -0.339 e. The summed E-state index contributed by atoms with van der Waals surface area (Å²) >= 11 is 1.64. The van der Waals surface area contributed by atoms with Crippen molar-refractivity contribution in [2.75, 3.05) is 11.9 Å². The molecule has 0 spiro atoms. The van der Waals surface area contributed by atoms with E-state index in [1.54, 1.807) is 16.2 Å². The van der Waals surface area contributed by atoms with E-state index in [0.29, 0.717) is 13.0 Å². The standard InChI is InChI=1S/C18H20N2O2S/c1-12(2)20-11-13(10-17(20)21)18(22)19-15-7-4-3-6-14(15)16-8-5-9-23-16/h3-9,12-13H,10-11H2,1-2H3,(H,19,22)/t13-/m0/s1.